The summed E-state index contributed by atoms with van der Waals surface area (Å²) >= 11 is 0. The minimum Gasteiger partial charge on any atom is -0.310 e. The predicted molar refractivity (Wildman–Crippen MR) is 83.6 cm³/mol. The lowest BCUT2D eigenvalue weighted by molar-refractivity contribution is 0.224. The zero-order valence-corrected chi connectivity index (χ0v) is 12.8. The van der Waals surface area contributed by atoms with E-state index in [-0.39, 0.29) is 0 Å². The number of hydrogen-bond donors (Lipinski definition) is 1. The second-order valence-electron chi connectivity index (χ2n) is 5.76. The van der Waals surface area contributed by atoms with Gasteiger partial charge in [0.25, 0.3) is 0 Å². The SMILES string of the molecule is CC(C)C(CNCc1cnc2ccccc2n1)N(C)C. The highest BCUT2D eigenvalue weighted by Crippen LogP contribution is 2.09. The normalized spacial score (nSPS) is 13.3. The molecular formula is C16H24N4. The van der Waals surface area contributed by atoms with Gasteiger partial charge in [0.05, 0.1) is 22.9 Å². The fourth-order valence-corrected chi connectivity index (χ4v) is 2.44. The highest BCUT2D eigenvalue weighted by Gasteiger charge is 2.14. The summed E-state index contributed by atoms with van der Waals surface area (Å²) < 4.78 is 0. The number of rotatable bonds is 6. The maximum absolute atomic E-state index is 4.62. The van der Waals surface area contributed by atoms with Crippen LogP contribution in [0.25, 0.3) is 11.0 Å². The van der Waals surface area contributed by atoms with E-state index in [1.54, 1.807) is 0 Å². The molecule has 0 radical (unpaired) electrons. The molecule has 108 valence electrons. The minimum absolute atomic E-state index is 0.531. The Balaban J connectivity index is 1.95. The van der Waals surface area contributed by atoms with Gasteiger partial charge >= 0.3 is 0 Å². The number of fused-ring (bicyclic) bond motifs is 1. The Kier molecular flexibility index (Phi) is 5.04. The molecular weight excluding hydrogens is 248 g/mol. The predicted octanol–water partition coefficient (Wildman–Crippen LogP) is 2.31. The molecule has 2 aromatic rings. The first-order valence-electron chi connectivity index (χ1n) is 7.15. The van der Waals surface area contributed by atoms with Crippen molar-refractivity contribution in [3.63, 3.8) is 0 Å². The van der Waals surface area contributed by atoms with Gasteiger partial charge in [0.1, 0.15) is 0 Å². The minimum atomic E-state index is 0.531. The van der Waals surface area contributed by atoms with Gasteiger partial charge in [-0.15, -0.1) is 0 Å². The van der Waals surface area contributed by atoms with Crippen LogP contribution in [0.4, 0.5) is 0 Å². The second-order valence-corrected chi connectivity index (χ2v) is 5.76. The van der Waals surface area contributed by atoms with Gasteiger partial charge in [-0.3, -0.25) is 4.98 Å². The first-order valence-corrected chi connectivity index (χ1v) is 7.15. The third kappa shape index (κ3) is 3.74. The van der Waals surface area contributed by atoms with E-state index in [9.17, 15) is 0 Å². The summed E-state index contributed by atoms with van der Waals surface area (Å²) in [6.45, 7) is 6.22. The van der Waals surface area contributed by atoms with Gasteiger partial charge in [-0.05, 0) is 32.1 Å². The largest absolute Gasteiger partial charge is 0.310 e. The summed E-state index contributed by atoms with van der Waals surface area (Å²) in [5.74, 6) is 0.625. The van der Waals surface area contributed by atoms with Crippen molar-refractivity contribution >= 4 is 11.0 Å². The molecule has 0 aliphatic rings. The molecule has 1 heterocycles. The highest BCUT2D eigenvalue weighted by atomic mass is 15.1. The number of likely N-dealkylation sites (N-methyl/N-ethyl adjacent to an activating group) is 1. The van der Waals surface area contributed by atoms with Gasteiger partial charge in [-0.1, -0.05) is 26.0 Å². The monoisotopic (exact) mass is 272 g/mol. The molecule has 0 aliphatic carbocycles. The van der Waals surface area contributed by atoms with E-state index >= 15 is 0 Å². The maximum atomic E-state index is 4.62. The third-order valence-corrected chi connectivity index (χ3v) is 3.59. The summed E-state index contributed by atoms with van der Waals surface area (Å²) in [6, 6.07) is 8.50. The lowest BCUT2D eigenvalue weighted by Gasteiger charge is -2.28. The van der Waals surface area contributed by atoms with Crippen LogP contribution in [0.15, 0.2) is 30.5 Å². The third-order valence-electron chi connectivity index (χ3n) is 3.59. The zero-order valence-electron chi connectivity index (χ0n) is 12.8. The quantitative estimate of drug-likeness (QED) is 0.876. The van der Waals surface area contributed by atoms with Gasteiger partial charge < -0.3 is 10.2 Å². The van der Waals surface area contributed by atoms with Gasteiger partial charge in [0, 0.05) is 19.1 Å². The van der Waals surface area contributed by atoms with Crippen LogP contribution in [0.5, 0.6) is 0 Å². The molecule has 0 fully saturated rings. The number of para-hydroxylation sites is 2. The van der Waals surface area contributed by atoms with E-state index in [0.717, 1.165) is 29.8 Å². The van der Waals surface area contributed by atoms with Gasteiger partial charge in [0.2, 0.25) is 0 Å². The molecule has 20 heavy (non-hydrogen) atoms. The van der Waals surface area contributed by atoms with Crippen molar-refractivity contribution < 1.29 is 0 Å². The Morgan fingerprint density at radius 3 is 2.50 bits per heavy atom. The molecule has 1 N–H and O–H groups in total. The van der Waals surface area contributed by atoms with E-state index in [4.69, 9.17) is 0 Å². The van der Waals surface area contributed by atoms with Crippen LogP contribution in [-0.2, 0) is 6.54 Å². The number of benzene rings is 1. The van der Waals surface area contributed by atoms with Crippen LogP contribution in [0.2, 0.25) is 0 Å². The Labute approximate surface area is 121 Å². The van der Waals surface area contributed by atoms with Crippen LogP contribution < -0.4 is 5.32 Å². The smallest absolute Gasteiger partial charge is 0.0890 e. The Hall–Kier alpha value is -1.52. The molecule has 0 aliphatic heterocycles. The highest BCUT2D eigenvalue weighted by molar-refractivity contribution is 5.73. The number of nitrogens with one attached hydrogen (secondary N) is 1. The van der Waals surface area contributed by atoms with Gasteiger partial charge in [0.15, 0.2) is 0 Å². The van der Waals surface area contributed by atoms with Crippen molar-refractivity contribution in [2.24, 2.45) is 5.92 Å². The standard InChI is InChI=1S/C16H24N4/c1-12(2)16(20(3)4)11-17-9-13-10-18-14-7-5-6-8-15(14)19-13/h5-8,10,12,16-17H,9,11H2,1-4H3. The molecule has 1 atom stereocenters. The molecule has 0 saturated heterocycles. The van der Waals surface area contributed by atoms with Crippen molar-refractivity contribution in [2.75, 3.05) is 20.6 Å². The molecule has 0 saturated carbocycles. The summed E-state index contributed by atoms with van der Waals surface area (Å²) in [5.41, 5.74) is 2.90. The zero-order chi connectivity index (χ0) is 14.5. The summed E-state index contributed by atoms with van der Waals surface area (Å²) in [5, 5.41) is 3.48. The molecule has 1 aromatic carbocycles. The van der Waals surface area contributed by atoms with Crippen LogP contribution in [0.3, 0.4) is 0 Å². The molecule has 0 amide bonds. The van der Waals surface area contributed by atoms with Crippen molar-refractivity contribution in [3.8, 4) is 0 Å². The van der Waals surface area contributed by atoms with Crippen molar-refractivity contribution in [3.05, 3.63) is 36.2 Å². The molecule has 0 bridgehead atoms. The van der Waals surface area contributed by atoms with Crippen LogP contribution in [0.1, 0.15) is 19.5 Å². The van der Waals surface area contributed by atoms with Crippen LogP contribution in [0, 0.1) is 5.92 Å². The Morgan fingerprint density at radius 2 is 1.85 bits per heavy atom. The fourth-order valence-electron chi connectivity index (χ4n) is 2.44. The first kappa shape index (κ1) is 14.9. The average molecular weight is 272 g/mol. The van der Waals surface area contributed by atoms with E-state index in [0.29, 0.717) is 12.0 Å². The van der Waals surface area contributed by atoms with Gasteiger partial charge in [-0.2, -0.15) is 0 Å². The van der Waals surface area contributed by atoms with Gasteiger partial charge in [-0.25, -0.2) is 4.98 Å². The van der Waals surface area contributed by atoms with E-state index in [1.165, 1.54) is 0 Å². The number of nitrogens with zero attached hydrogens (tertiary/aromatic N) is 3. The van der Waals surface area contributed by atoms with Crippen molar-refractivity contribution in [1.82, 2.24) is 20.2 Å². The number of aromatic nitrogens is 2. The number of hydrogen-bond acceptors (Lipinski definition) is 4. The molecule has 4 heteroatoms. The average Bonchev–Trinajstić information content (AvgIpc) is 2.42. The molecule has 1 unspecified atom stereocenters. The van der Waals surface area contributed by atoms with Crippen LogP contribution >= 0.6 is 0 Å². The topological polar surface area (TPSA) is 41.1 Å². The maximum Gasteiger partial charge on any atom is 0.0890 e. The van der Waals surface area contributed by atoms with E-state index in [2.05, 4.69) is 48.1 Å². The lowest BCUT2D eigenvalue weighted by Crippen LogP contribution is -2.41. The molecule has 4 nitrogen and oxygen atoms in total. The molecule has 1 aromatic heterocycles. The van der Waals surface area contributed by atoms with E-state index < -0.39 is 0 Å². The Morgan fingerprint density at radius 1 is 1.15 bits per heavy atom. The first-order chi connectivity index (χ1) is 9.58. The summed E-state index contributed by atoms with van der Waals surface area (Å²) in [4.78, 5) is 11.3. The molecule has 0 spiro atoms. The van der Waals surface area contributed by atoms with Crippen molar-refractivity contribution in [1.29, 1.82) is 0 Å². The second kappa shape index (κ2) is 6.77. The van der Waals surface area contributed by atoms with Crippen LogP contribution in [-0.4, -0.2) is 41.5 Å². The van der Waals surface area contributed by atoms with E-state index in [1.807, 2.05) is 30.5 Å². The Bertz CT molecular complexity index is 543. The summed E-state index contributed by atoms with van der Waals surface area (Å²) in [7, 11) is 4.25. The summed E-state index contributed by atoms with van der Waals surface area (Å²) in [6.07, 6.45) is 1.86. The molecule has 2 rings (SSSR count). The fraction of sp³-hybridized carbons (Fsp3) is 0.500. The lowest BCUT2D eigenvalue weighted by atomic mass is 10.0. The van der Waals surface area contributed by atoms with Crippen molar-refractivity contribution in [2.45, 2.75) is 26.4 Å².